The molecule has 0 radical (unpaired) electrons. The predicted molar refractivity (Wildman–Crippen MR) is 94.1 cm³/mol. The third-order valence-electron chi connectivity index (χ3n) is 3.55. The Labute approximate surface area is 145 Å². The van der Waals surface area contributed by atoms with Crippen molar-refractivity contribution in [3.63, 3.8) is 0 Å². The second-order valence-electron chi connectivity index (χ2n) is 6.70. The molecule has 0 aliphatic rings. The first-order chi connectivity index (χ1) is 11.2. The minimum absolute atomic E-state index is 0.111. The highest BCUT2D eigenvalue weighted by molar-refractivity contribution is 7.09. The Morgan fingerprint density at radius 3 is 2.42 bits per heavy atom. The number of carbonyl (C=O) groups excluding carboxylic acids is 1. The Bertz CT molecular complexity index is 715. The lowest BCUT2D eigenvalue weighted by Gasteiger charge is -2.19. The highest BCUT2D eigenvalue weighted by Crippen LogP contribution is 2.22. The van der Waals surface area contributed by atoms with Crippen molar-refractivity contribution >= 4 is 23.2 Å². The van der Waals surface area contributed by atoms with Gasteiger partial charge in [0.15, 0.2) is 0 Å². The normalized spacial score (nSPS) is 11.3. The van der Waals surface area contributed by atoms with Gasteiger partial charge in [-0.3, -0.25) is 9.59 Å². The molecule has 0 bridgehead atoms. The van der Waals surface area contributed by atoms with E-state index in [0.717, 1.165) is 5.56 Å². The summed E-state index contributed by atoms with van der Waals surface area (Å²) in [4.78, 5) is 26.8. The lowest BCUT2D eigenvalue weighted by molar-refractivity contribution is -0.136. The van der Waals surface area contributed by atoms with E-state index >= 15 is 0 Å². The number of nitrogens with one attached hydrogen (secondary N) is 1. The summed E-state index contributed by atoms with van der Waals surface area (Å²) >= 11 is 1.31. The highest BCUT2D eigenvalue weighted by Gasteiger charge is 2.13. The molecule has 5 nitrogen and oxygen atoms in total. The number of carboxylic acid groups (broad SMARTS) is 1. The number of rotatable bonds is 6. The molecule has 0 saturated heterocycles. The van der Waals surface area contributed by atoms with Gasteiger partial charge >= 0.3 is 5.97 Å². The van der Waals surface area contributed by atoms with Gasteiger partial charge in [0.05, 0.1) is 18.5 Å². The fourth-order valence-electron chi connectivity index (χ4n) is 2.19. The van der Waals surface area contributed by atoms with Gasteiger partial charge in [-0.2, -0.15) is 0 Å². The van der Waals surface area contributed by atoms with Gasteiger partial charge < -0.3 is 10.4 Å². The summed E-state index contributed by atoms with van der Waals surface area (Å²) in [6.07, 6.45) is 0.0581. The summed E-state index contributed by atoms with van der Waals surface area (Å²) in [7, 11) is 0. The van der Waals surface area contributed by atoms with E-state index in [-0.39, 0.29) is 24.2 Å². The SMILES string of the molecule is CC(C)(C)c1ccc(CNC(=O)Cc2nc(CC(=O)O)cs2)cc1. The third-order valence-corrected chi connectivity index (χ3v) is 4.45. The molecular formula is C18H22N2O3S. The van der Waals surface area contributed by atoms with E-state index in [2.05, 4.69) is 43.2 Å². The smallest absolute Gasteiger partial charge is 0.309 e. The van der Waals surface area contributed by atoms with Gasteiger partial charge in [-0.05, 0) is 16.5 Å². The van der Waals surface area contributed by atoms with Crippen molar-refractivity contribution in [2.45, 2.75) is 45.6 Å². The predicted octanol–water partition coefficient (Wildman–Crippen LogP) is 2.93. The Hall–Kier alpha value is -2.21. The molecule has 2 N–H and O–H groups in total. The van der Waals surface area contributed by atoms with Crippen LogP contribution >= 0.6 is 11.3 Å². The summed E-state index contributed by atoms with van der Waals surface area (Å²) in [6, 6.07) is 8.21. The summed E-state index contributed by atoms with van der Waals surface area (Å²) < 4.78 is 0. The van der Waals surface area contributed by atoms with Gasteiger partial charge in [0, 0.05) is 11.9 Å². The first-order valence-electron chi connectivity index (χ1n) is 7.75. The molecule has 0 fully saturated rings. The molecule has 1 amide bonds. The van der Waals surface area contributed by atoms with Crippen LogP contribution in [0.3, 0.4) is 0 Å². The lowest BCUT2D eigenvalue weighted by Crippen LogP contribution is -2.24. The van der Waals surface area contributed by atoms with Crippen molar-refractivity contribution in [2.75, 3.05) is 0 Å². The Morgan fingerprint density at radius 2 is 1.83 bits per heavy atom. The van der Waals surface area contributed by atoms with Crippen molar-refractivity contribution < 1.29 is 14.7 Å². The number of carboxylic acids is 1. The molecule has 0 aliphatic carbocycles. The lowest BCUT2D eigenvalue weighted by atomic mass is 9.87. The van der Waals surface area contributed by atoms with Gasteiger partial charge in [0.25, 0.3) is 0 Å². The zero-order valence-corrected chi connectivity index (χ0v) is 14.9. The van der Waals surface area contributed by atoms with Gasteiger partial charge in [-0.25, -0.2) is 4.98 Å². The molecule has 0 spiro atoms. The topological polar surface area (TPSA) is 79.3 Å². The molecule has 1 heterocycles. The standard InChI is InChI=1S/C18H22N2O3S/c1-18(2,3)13-6-4-12(5-7-13)10-19-15(21)9-16-20-14(11-24-16)8-17(22)23/h4-7,11H,8-10H2,1-3H3,(H,19,21)(H,22,23). The van der Waals surface area contributed by atoms with Crippen LogP contribution in [0.5, 0.6) is 0 Å². The monoisotopic (exact) mass is 346 g/mol. The maximum atomic E-state index is 12.0. The van der Waals surface area contributed by atoms with E-state index in [1.165, 1.54) is 16.9 Å². The van der Waals surface area contributed by atoms with Crippen molar-refractivity contribution in [1.29, 1.82) is 0 Å². The van der Waals surface area contributed by atoms with Crippen LogP contribution in [-0.4, -0.2) is 22.0 Å². The average molecular weight is 346 g/mol. The van der Waals surface area contributed by atoms with Crippen LogP contribution in [0.25, 0.3) is 0 Å². The van der Waals surface area contributed by atoms with Crippen LogP contribution in [0.15, 0.2) is 29.6 Å². The van der Waals surface area contributed by atoms with Crippen LogP contribution in [-0.2, 0) is 34.4 Å². The van der Waals surface area contributed by atoms with Crippen molar-refractivity contribution in [3.05, 3.63) is 51.5 Å². The van der Waals surface area contributed by atoms with Gasteiger partial charge in [0.2, 0.25) is 5.91 Å². The number of benzene rings is 1. The fraction of sp³-hybridized carbons (Fsp3) is 0.389. The van der Waals surface area contributed by atoms with Crippen LogP contribution in [0.4, 0.5) is 0 Å². The van der Waals surface area contributed by atoms with Crippen molar-refractivity contribution in [2.24, 2.45) is 0 Å². The minimum Gasteiger partial charge on any atom is -0.481 e. The van der Waals surface area contributed by atoms with Crippen LogP contribution < -0.4 is 5.32 Å². The number of carbonyl (C=O) groups is 2. The molecule has 1 aromatic heterocycles. The number of hydrogen-bond acceptors (Lipinski definition) is 4. The van der Waals surface area contributed by atoms with Crippen LogP contribution in [0.2, 0.25) is 0 Å². The molecule has 0 saturated carbocycles. The molecular weight excluding hydrogens is 324 g/mol. The molecule has 128 valence electrons. The molecule has 6 heteroatoms. The van der Waals surface area contributed by atoms with E-state index in [1.54, 1.807) is 5.38 Å². The van der Waals surface area contributed by atoms with Crippen LogP contribution in [0.1, 0.15) is 42.6 Å². The number of aromatic nitrogens is 1. The molecule has 0 unspecified atom stereocenters. The van der Waals surface area contributed by atoms with E-state index in [1.807, 2.05) is 12.1 Å². The zero-order valence-electron chi connectivity index (χ0n) is 14.1. The molecule has 2 aromatic rings. The second-order valence-corrected chi connectivity index (χ2v) is 7.65. The number of thiazole rings is 1. The Kier molecular flexibility index (Phi) is 5.72. The first kappa shape index (κ1) is 18.1. The molecule has 24 heavy (non-hydrogen) atoms. The summed E-state index contributed by atoms with van der Waals surface area (Å²) in [5.74, 6) is -1.04. The molecule has 2 rings (SSSR count). The van der Waals surface area contributed by atoms with E-state index in [4.69, 9.17) is 5.11 Å². The number of amides is 1. The average Bonchev–Trinajstić information content (AvgIpc) is 2.91. The van der Waals surface area contributed by atoms with E-state index in [9.17, 15) is 9.59 Å². The number of hydrogen-bond donors (Lipinski definition) is 2. The third kappa shape index (κ3) is 5.45. The number of nitrogens with zero attached hydrogens (tertiary/aromatic N) is 1. The van der Waals surface area contributed by atoms with Crippen LogP contribution in [0, 0.1) is 0 Å². The van der Waals surface area contributed by atoms with Crippen molar-refractivity contribution in [3.8, 4) is 0 Å². The Balaban J connectivity index is 1.84. The number of aliphatic carboxylic acids is 1. The second kappa shape index (κ2) is 7.57. The van der Waals surface area contributed by atoms with E-state index in [0.29, 0.717) is 17.2 Å². The van der Waals surface area contributed by atoms with Gasteiger partial charge in [0.1, 0.15) is 5.01 Å². The maximum Gasteiger partial charge on any atom is 0.309 e. The molecule has 0 aliphatic heterocycles. The summed E-state index contributed by atoms with van der Waals surface area (Å²) in [5.41, 5.74) is 2.90. The van der Waals surface area contributed by atoms with Gasteiger partial charge in [-0.15, -0.1) is 11.3 Å². The highest BCUT2D eigenvalue weighted by atomic mass is 32.1. The fourth-order valence-corrected chi connectivity index (χ4v) is 2.98. The zero-order chi connectivity index (χ0) is 17.7. The maximum absolute atomic E-state index is 12.0. The van der Waals surface area contributed by atoms with E-state index < -0.39 is 5.97 Å². The summed E-state index contributed by atoms with van der Waals surface area (Å²) in [5, 5.41) is 13.9. The van der Waals surface area contributed by atoms with Gasteiger partial charge in [-0.1, -0.05) is 45.0 Å². The minimum atomic E-state index is -0.921. The Morgan fingerprint density at radius 1 is 1.17 bits per heavy atom. The quantitative estimate of drug-likeness (QED) is 0.843. The summed E-state index contributed by atoms with van der Waals surface area (Å²) in [6.45, 7) is 6.96. The molecule has 0 atom stereocenters. The largest absolute Gasteiger partial charge is 0.481 e. The van der Waals surface area contributed by atoms with Crippen molar-refractivity contribution in [1.82, 2.24) is 10.3 Å². The first-order valence-corrected chi connectivity index (χ1v) is 8.63. The molecule has 1 aromatic carbocycles.